The molecule has 1 atom stereocenters. The fourth-order valence-corrected chi connectivity index (χ4v) is 4.42. The van der Waals surface area contributed by atoms with Crippen LogP contribution in [-0.4, -0.2) is 61.5 Å². The van der Waals surface area contributed by atoms with Crippen molar-refractivity contribution in [1.82, 2.24) is 15.0 Å². The number of hydrogen-bond acceptors (Lipinski definition) is 7. The van der Waals surface area contributed by atoms with Gasteiger partial charge in [-0.05, 0) is 37.3 Å². The molecule has 1 aliphatic heterocycles. The van der Waals surface area contributed by atoms with Gasteiger partial charge in [0.2, 0.25) is 5.89 Å². The van der Waals surface area contributed by atoms with Crippen LogP contribution in [0.25, 0.3) is 0 Å². The SMILES string of the molecule is COc1ccc(C(=O)N2CCC(c3nc(CCOCC4CCCC4)no3)C2)c(OC)c1. The Kier molecular flexibility index (Phi) is 7.06. The first kappa shape index (κ1) is 21.6. The summed E-state index contributed by atoms with van der Waals surface area (Å²) in [4.78, 5) is 19.4. The van der Waals surface area contributed by atoms with E-state index >= 15 is 0 Å². The number of amides is 1. The van der Waals surface area contributed by atoms with Gasteiger partial charge in [0.05, 0.1) is 32.3 Å². The molecule has 31 heavy (non-hydrogen) atoms. The third-order valence-electron chi connectivity index (χ3n) is 6.25. The lowest BCUT2D eigenvalue weighted by Crippen LogP contribution is -2.28. The van der Waals surface area contributed by atoms with Crippen LogP contribution in [0.15, 0.2) is 22.7 Å². The van der Waals surface area contributed by atoms with E-state index in [0.29, 0.717) is 60.8 Å². The van der Waals surface area contributed by atoms with Crippen LogP contribution in [0.3, 0.4) is 0 Å². The summed E-state index contributed by atoms with van der Waals surface area (Å²) in [5.74, 6) is 3.12. The van der Waals surface area contributed by atoms with Gasteiger partial charge in [0.15, 0.2) is 5.82 Å². The lowest BCUT2D eigenvalue weighted by Gasteiger charge is -2.18. The molecule has 1 aromatic carbocycles. The molecule has 2 aromatic rings. The lowest BCUT2D eigenvalue weighted by molar-refractivity contribution is 0.0786. The molecule has 1 saturated carbocycles. The number of rotatable bonds is 9. The lowest BCUT2D eigenvalue weighted by atomic mass is 10.1. The topological polar surface area (TPSA) is 86.9 Å². The van der Waals surface area contributed by atoms with Gasteiger partial charge in [-0.3, -0.25) is 4.79 Å². The van der Waals surface area contributed by atoms with E-state index in [1.807, 2.05) is 4.90 Å². The smallest absolute Gasteiger partial charge is 0.257 e. The van der Waals surface area contributed by atoms with E-state index in [0.717, 1.165) is 13.0 Å². The van der Waals surface area contributed by atoms with Gasteiger partial charge in [-0.1, -0.05) is 18.0 Å². The molecule has 0 spiro atoms. The normalized spacial score (nSPS) is 19.2. The van der Waals surface area contributed by atoms with E-state index in [1.165, 1.54) is 25.7 Å². The van der Waals surface area contributed by atoms with Crippen LogP contribution in [0.2, 0.25) is 0 Å². The fraction of sp³-hybridized carbons (Fsp3) is 0.609. The Morgan fingerprint density at radius 2 is 2.03 bits per heavy atom. The molecule has 1 aromatic heterocycles. The Hall–Kier alpha value is -2.61. The summed E-state index contributed by atoms with van der Waals surface area (Å²) in [6, 6.07) is 5.23. The molecule has 2 heterocycles. The number of carbonyl (C=O) groups is 1. The third kappa shape index (κ3) is 5.18. The van der Waals surface area contributed by atoms with E-state index < -0.39 is 0 Å². The Bertz CT molecular complexity index is 878. The maximum absolute atomic E-state index is 13.0. The molecule has 4 rings (SSSR count). The molecule has 8 nitrogen and oxygen atoms in total. The monoisotopic (exact) mass is 429 g/mol. The molecule has 1 aliphatic carbocycles. The fourth-order valence-electron chi connectivity index (χ4n) is 4.42. The predicted molar refractivity (Wildman–Crippen MR) is 114 cm³/mol. The van der Waals surface area contributed by atoms with E-state index in [2.05, 4.69) is 10.1 Å². The summed E-state index contributed by atoms with van der Waals surface area (Å²) in [5.41, 5.74) is 0.523. The number of likely N-dealkylation sites (tertiary alicyclic amines) is 1. The van der Waals surface area contributed by atoms with Gasteiger partial charge in [-0.25, -0.2) is 0 Å². The van der Waals surface area contributed by atoms with Crippen molar-refractivity contribution in [3.8, 4) is 11.5 Å². The van der Waals surface area contributed by atoms with Gasteiger partial charge in [-0.2, -0.15) is 4.98 Å². The second-order valence-corrected chi connectivity index (χ2v) is 8.33. The summed E-state index contributed by atoms with van der Waals surface area (Å²) in [6.45, 7) is 2.63. The van der Waals surface area contributed by atoms with Crippen molar-refractivity contribution < 1.29 is 23.5 Å². The highest BCUT2D eigenvalue weighted by Crippen LogP contribution is 2.31. The van der Waals surface area contributed by atoms with E-state index in [-0.39, 0.29) is 11.8 Å². The zero-order valence-electron chi connectivity index (χ0n) is 18.3. The highest BCUT2D eigenvalue weighted by molar-refractivity contribution is 5.97. The highest BCUT2D eigenvalue weighted by atomic mass is 16.5. The second-order valence-electron chi connectivity index (χ2n) is 8.33. The quantitative estimate of drug-likeness (QED) is 0.564. The molecule has 2 fully saturated rings. The molecule has 1 amide bonds. The minimum Gasteiger partial charge on any atom is -0.497 e. The average molecular weight is 430 g/mol. The van der Waals surface area contributed by atoms with E-state index in [4.69, 9.17) is 18.7 Å². The van der Waals surface area contributed by atoms with Crippen molar-refractivity contribution in [3.63, 3.8) is 0 Å². The number of carbonyl (C=O) groups excluding carboxylic acids is 1. The zero-order valence-corrected chi connectivity index (χ0v) is 18.3. The van der Waals surface area contributed by atoms with Crippen LogP contribution >= 0.6 is 0 Å². The number of ether oxygens (including phenoxy) is 3. The van der Waals surface area contributed by atoms with Crippen LogP contribution in [0.5, 0.6) is 11.5 Å². The minimum atomic E-state index is -0.0675. The van der Waals surface area contributed by atoms with Crippen LogP contribution in [0.4, 0.5) is 0 Å². The molecule has 8 heteroatoms. The van der Waals surface area contributed by atoms with Crippen molar-refractivity contribution in [1.29, 1.82) is 0 Å². The third-order valence-corrected chi connectivity index (χ3v) is 6.25. The molecule has 0 N–H and O–H groups in total. The van der Waals surface area contributed by atoms with Gasteiger partial charge in [0.25, 0.3) is 5.91 Å². The van der Waals surface area contributed by atoms with Gasteiger partial charge in [0, 0.05) is 32.2 Å². The Labute approximate surface area is 182 Å². The number of nitrogens with zero attached hydrogens (tertiary/aromatic N) is 3. The summed E-state index contributed by atoms with van der Waals surface area (Å²) in [7, 11) is 3.14. The predicted octanol–water partition coefficient (Wildman–Crippen LogP) is 3.47. The average Bonchev–Trinajstić information content (AvgIpc) is 3.57. The molecular formula is C23H31N3O5. The van der Waals surface area contributed by atoms with Crippen LogP contribution in [0, 0.1) is 5.92 Å². The molecule has 0 radical (unpaired) electrons. The first-order valence-electron chi connectivity index (χ1n) is 11.1. The second kappa shape index (κ2) is 10.1. The van der Waals surface area contributed by atoms with Gasteiger partial charge in [0.1, 0.15) is 11.5 Å². The summed E-state index contributed by atoms with van der Waals surface area (Å²) in [6.07, 6.45) is 6.67. The maximum Gasteiger partial charge on any atom is 0.257 e. The molecule has 2 aliphatic rings. The number of aromatic nitrogens is 2. The minimum absolute atomic E-state index is 0.0499. The van der Waals surface area contributed by atoms with Crippen molar-refractivity contribution >= 4 is 5.91 Å². The molecular weight excluding hydrogens is 398 g/mol. The van der Waals surface area contributed by atoms with Crippen molar-refractivity contribution in [2.24, 2.45) is 5.92 Å². The molecule has 168 valence electrons. The number of hydrogen-bond donors (Lipinski definition) is 0. The van der Waals surface area contributed by atoms with Crippen molar-refractivity contribution in [3.05, 3.63) is 35.5 Å². The first-order valence-corrected chi connectivity index (χ1v) is 11.1. The standard InChI is InChI=1S/C23H31N3O5/c1-28-18-7-8-19(20(13-18)29-2)23(27)26-11-9-17(14-26)22-24-21(25-31-22)10-12-30-15-16-5-3-4-6-16/h7-8,13,16-17H,3-6,9-12,14-15H2,1-2H3. The van der Waals surface area contributed by atoms with Gasteiger partial charge in [-0.15, -0.1) is 0 Å². The first-order chi connectivity index (χ1) is 15.2. The largest absolute Gasteiger partial charge is 0.497 e. The van der Waals surface area contributed by atoms with Crippen molar-refractivity contribution in [2.75, 3.05) is 40.5 Å². The Balaban J connectivity index is 1.29. The Morgan fingerprint density at radius 1 is 1.19 bits per heavy atom. The van der Waals surface area contributed by atoms with Crippen LogP contribution in [0.1, 0.15) is 60.1 Å². The van der Waals surface area contributed by atoms with Gasteiger partial charge < -0.3 is 23.6 Å². The maximum atomic E-state index is 13.0. The van der Waals surface area contributed by atoms with Crippen LogP contribution < -0.4 is 9.47 Å². The van der Waals surface area contributed by atoms with E-state index in [1.54, 1.807) is 32.4 Å². The highest BCUT2D eigenvalue weighted by Gasteiger charge is 2.32. The summed E-state index contributed by atoms with van der Waals surface area (Å²) >= 11 is 0. The molecule has 0 bridgehead atoms. The Morgan fingerprint density at radius 3 is 2.81 bits per heavy atom. The van der Waals surface area contributed by atoms with E-state index in [9.17, 15) is 4.79 Å². The van der Waals surface area contributed by atoms with Crippen LogP contribution in [-0.2, 0) is 11.2 Å². The van der Waals surface area contributed by atoms with Crippen molar-refractivity contribution in [2.45, 2.75) is 44.4 Å². The molecule has 1 unspecified atom stereocenters. The summed E-state index contributed by atoms with van der Waals surface area (Å²) in [5, 5.41) is 4.10. The number of methoxy groups -OCH3 is 2. The summed E-state index contributed by atoms with van der Waals surface area (Å²) < 4.78 is 21.9. The molecule has 1 saturated heterocycles. The van der Waals surface area contributed by atoms with Gasteiger partial charge >= 0.3 is 0 Å². The zero-order chi connectivity index (χ0) is 21.6. The number of benzene rings is 1.